The summed E-state index contributed by atoms with van der Waals surface area (Å²) in [7, 11) is 0. The maximum atomic E-state index is 14.1. The van der Waals surface area contributed by atoms with Crippen LogP contribution in [0.15, 0.2) is 54.6 Å². The van der Waals surface area contributed by atoms with E-state index in [1.54, 1.807) is 36.4 Å². The zero-order valence-corrected chi connectivity index (χ0v) is 24.5. The van der Waals surface area contributed by atoms with E-state index in [4.69, 9.17) is 0 Å². The third kappa shape index (κ3) is 8.02. The minimum absolute atomic E-state index is 0.0251. The van der Waals surface area contributed by atoms with Crippen LogP contribution in [-0.4, -0.2) is 73.5 Å². The number of anilines is 1. The van der Waals surface area contributed by atoms with Crippen LogP contribution in [0.4, 0.5) is 5.69 Å². The molecule has 0 aliphatic carbocycles. The Morgan fingerprint density at radius 3 is 2.45 bits per heavy atom. The number of aromatic nitrogens is 4. The first-order valence-electron chi connectivity index (χ1n) is 14.4. The minimum atomic E-state index is -1.28. The van der Waals surface area contributed by atoms with Crippen molar-refractivity contribution in [2.24, 2.45) is 5.92 Å². The van der Waals surface area contributed by atoms with Crippen LogP contribution in [0.2, 0.25) is 0 Å². The maximum absolute atomic E-state index is 14.1. The Balaban J connectivity index is 1.55. The van der Waals surface area contributed by atoms with Gasteiger partial charge in [0.1, 0.15) is 18.1 Å². The highest BCUT2D eigenvalue weighted by Gasteiger charge is 2.42. The number of rotatable bonds is 14. The smallest absolute Gasteiger partial charge is 0.303 e. The van der Waals surface area contributed by atoms with E-state index in [0.29, 0.717) is 12.1 Å². The summed E-state index contributed by atoms with van der Waals surface area (Å²) in [5.41, 5.74) is 2.01. The topological polar surface area (TPSA) is 199 Å². The Labute approximate surface area is 254 Å². The summed E-state index contributed by atoms with van der Waals surface area (Å²) in [6.07, 6.45) is 0.202. The first-order chi connectivity index (χ1) is 21.2. The van der Waals surface area contributed by atoms with E-state index in [1.807, 2.05) is 32.0 Å². The van der Waals surface area contributed by atoms with Crippen molar-refractivity contribution in [3.8, 4) is 0 Å². The third-order valence-corrected chi connectivity index (χ3v) is 7.61. The van der Waals surface area contributed by atoms with Crippen molar-refractivity contribution >= 4 is 35.3 Å². The van der Waals surface area contributed by atoms with Gasteiger partial charge in [-0.3, -0.25) is 28.9 Å². The van der Waals surface area contributed by atoms with E-state index in [-0.39, 0.29) is 43.5 Å². The highest BCUT2D eigenvalue weighted by atomic mass is 16.4. The number of aromatic amines is 1. The molecule has 14 nitrogen and oxygen atoms in total. The van der Waals surface area contributed by atoms with E-state index in [9.17, 15) is 29.1 Å². The Bertz CT molecular complexity index is 1470. The van der Waals surface area contributed by atoms with Gasteiger partial charge in [-0.15, -0.1) is 10.2 Å². The number of carbonyl (C=O) groups excluding carboxylic acids is 4. The van der Waals surface area contributed by atoms with Crippen LogP contribution in [0.5, 0.6) is 0 Å². The Hall–Kier alpha value is -5.14. The number of carboxylic acids is 1. The molecule has 1 aliphatic heterocycles. The summed E-state index contributed by atoms with van der Waals surface area (Å²) in [5.74, 6) is -3.28. The van der Waals surface area contributed by atoms with Crippen LogP contribution in [0, 0.1) is 5.92 Å². The summed E-state index contributed by atoms with van der Waals surface area (Å²) < 4.78 is 0. The van der Waals surface area contributed by atoms with Crippen molar-refractivity contribution in [1.29, 1.82) is 0 Å². The first-order valence-corrected chi connectivity index (χ1v) is 14.4. The summed E-state index contributed by atoms with van der Waals surface area (Å²) in [4.78, 5) is 66.8. The fourth-order valence-corrected chi connectivity index (χ4v) is 5.07. The van der Waals surface area contributed by atoms with Gasteiger partial charge in [0, 0.05) is 18.5 Å². The van der Waals surface area contributed by atoms with Crippen LogP contribution in [0.25, 0.3) is 0 Å². The van der Waals surface area contributed by atoms with Crippen LogP contribution in [-0.2, 0) is 43.4 Å². The van der Waals surface area contributed by atoms with E-state index >= 15 is 0 Å². The predicted molar refractivity (Wildman–Crippen MR) is 158 cm³/mol. The molecule has 5 N–H and O–H groups in total. The normalized spacial score (nSPS) is 15.9. The molecule has 0 saturated heterocycles. The lowest BCUT2D eigenvalue weighted by Gasteiger charge is -2.31. The summed E-state index contributed by atoms with van der Waals surface area (Å²) in [6.45, 7) is 3.66. The zero-order valence-electron chi connectivity index (χ0n) is 24.5. The SMILES string of the molecule is CCC(C)C(NC(=O)Cc1ccccc1)C(=O)NC(CCC(=O)O)C(=O)N1c2ccccc2C[C@H]1C(=O)NCc1nn[nH]n1. The second kappa shape index (κ2) is 14.8. The fraction of sp³-hybridized carbons (Fsp3) is 0.400. The number of hydrogen-bond donors (Lipinski definition) is 5. The number of para-hydroxylation sites is 1. The lowest BCUT2D eigenvalue weighted by Crippen LogP contribution is -2.58. The van der Waals surface area contributed by atoms with Crippen molar-refractivity contribution in [2.45, 2.75) is 70.6 Å². The van der Waals surface area contributed by atoms with Gasteiger partial charge in [-0.2, -0.15) is 5.21 Å². The second-order valence-corrected chi connectivity index (χ2v) is 10.7. The molecule has 2 aromatic carbocycles. The molecular formula is C30H36N8O6. The van der Waals surface area contributed by atoms with Gasteiger partial charge in [-0.1, -0.05) is 74.0 Å². The van der Waals surface area contributed by atoms with Crippen molar-refractivity contribution in [1.82, 2.24) is 36.6 Å². The highest BCUT2D eigenvalue weighted by Crippen LogP contribution is 2.33. The Morgan fingerprint density at radius 2 is 1.77 bits per heavy atom. The summed E-state index contributed by atoms with van der Waals surface area (Å²) in [6, 6.07) is 12.9. The van der Waals surface area contributed by atoms with Crippen LogP contribution in [0.1, 0.15) is 50.1 Å². The van der Waals surface area contributed by atoms with Gasteiger partial charge < -0.3 is 21.1 Å². The fourth-order valence-electron chi connectivity index (χ4n) is 5.07. The van der Waals surface area contributed by atoms with E-state index < -0.39 is 48.2 Å². The number of fused-ring (bicyclic) bond motifs is 1. The minimum Gasteiger partial charge on any atom is -0.481 e. The van der Waals surface area contributed by atoms with Crippen molar-refractivity contribution in [3.63, 3.8) is 0 Å². The molecule has 0 radical (unpaired) electrons. The molecule has 14 heteroatoms. The van der Waals surface area contributed by atoms with Gasteiger partial charge in [-0.05, 0) is 29.5 Å². The molecule has 1 aromatic heterocycles. The molecular weight excluding hydrogens is 568 g/mol. The molecule has 0 saturated carbocycles. The molecule has 2 heterocycles. The van der Waals surface area contributed by atoms with Crippen LogP contribution >= 0.6 is 0 Å². The number of carbonyl (C=O) groups is 5. The van der Waals surface area contributed by atoms with Crippen molar-refractivity contribution in [2.75, 3.05) is 4.90 Å². The molecule has 3 unspecified atom stereocenters. The van der Waals surface area contributed by atoms with Crippen LogP contribution < -0.4 is 20.9 Å². The number of hydrogen-bond acceptors (Lipinski definition) is 8. The standard InChI is InChI=1S/C30H36N8O6/c1-3-18(2)27(33-25(39)15-19-9-5-4-6-10-19)29(43)32-21(13-14-26(40)41)30(44)38-22-12-8-7-11-20(22)16-23(38)28(42)31-17-24-34-36-37-35-24/h4-12,18,21,23,27H,3,13-17H2,1-2H3,(H,31,42)(H,32,43)(H,33,39)(H,40,41)(H,34,35,36,37)/t18?,21?,23-,27?/m0/s1. The molecule has 4 amide bonds. The molecule has 0 spiro atoms. The van der Waals surface area contributed by atoms with E-state index in [2.05, 4.69) is 36.6 Å². The highest BCUT2D eigenvalue weighted by molar-refractivity contribution is 6.07. The maximum Gasteiger partial charge on any atom is 0.303 e. The third-order valence-electron chi connectivity index (χ3n) is 7.61. The number of carboxylic acid groups (broad SMARTS) is 1. The number of nitrogens with one attached hydrogen (secondary N) is 4. The Kier molecular flexibility index (Phi) is 10.7. The molecule has 232 valence electrons. The van der Waals surface area contributed by atoms with Gasteiger partial charge in [0.2, 0.25) is 23.6 Å². The first kappa shape index (κ1) is 31.8. The number of aliphatic carboxylic acids is 1. The average molecular weight is 605 g/mol. The predicted octanol–water partition coefficient (Wildman–Crippen LogP) is 0.897. The number of tetrazole rings is 1. The number of benzene rings is 2. The van der Waals surface area contributed by atoms with Gasteiger partial charge >= 0.3 is 5.97 Å². The molecule has 44 heavy (non-hydrogen) atoms. The molecule has 4 rings (SSSR count). The largest absolute Gasteiger partial charge is 0.481 e. The second-order valence-electron chi connectivity index (χ2n) is 10.7. The lowest BCUT2D eigenvalue weighted by atomic mass is 9.97. The monoisotopic (exact) mass is 604 g/mol. The van der Waals surface area contributed by atoms with Gasteiger partial charge in [0.05, 0.1) is 13.0 Å². The molecule has 0 fully saturated rings. The Morgan fingerprint density at radius 1 is 1.05 bits per heavy atom. The van der Waals surface area contributed by atoms with Gasteiger partial charge in [-0.25, -0.2) is 0 Å². The number of nitrogens with zero attached hydrogens (tertiary/aromatic N) is 4. The summed E-state index contributed by atoms with van der Waals surface area (Å²) >= 11 is 0. The molecule has 0 bridgehead atoms. The molecule has 1 aliphatic rings. The van der Waals surface area contributed by atoms with Crippen molar-refractivity contribution in [3.05, 3.63) is 71.5 Å². The summed E-state index contributed by atoms with van der Waals surface area (Å²) in [5, 5.41) is 31.0. The molecule has 4 atom stereocenters. The molecule has 3 aromatic rings. The number of H-pyrrole nitrogens is 1. The quantitative estimate of drug-likeness (QED) is 0.177. The van der Waals surface area contributed by atoms with Gasteiger partial charge in [0.15, 0.2) is 5.82 Å². The lowest BCUT2D eigenvalue weighted by molar-refractivity contribution is -0.138. The van der Waals surface area contributed by atoms with E-state index in [0.717, 1.165) is 11.1 Å². The van der Waals surface area contributed by atoms with Gasteiger partial charge in [0.25, 0.3) is 0 Å². The van der Waals surface area contributed by atoms with Crippen molar-refractivity contribution < 1.29 is 29.1 Å². The van der Waals surface area contributed by atoms with Crippen LogP contribution in [0.3, 0.4) is 0 Å². The number of amides is 4. The zero-order chi connectivity index (χ0) is 31.6. The average Bonchev–Trinajstić information content (AvgIpc) is 3.68. The van der Waals surface area contributed by atoms with E-state index in [1.165, 1.54) is 4.90 Å².